The van der Waals surface area contributed by atoms with E-state index in [4.69, 9.17) is 14.2 Å². The largest absolute Gasteiger partial charge is 0.507 e. The molecule has 1 heterocycles. The number of carbonyl (C=O) groups excluding carboxylic acids is 2. The molecule has 220 valence electrons. The van der Waals surface area contributed by atoms with Crippen LogP contribution >= 0.6 is 0 Å². The summed E-state index contributed by atoms with van der Waals surface area (Å²) >= 11 is 0. The zero-order valence-electron chi connectivity index (χ0n) is 24.2. The molecule has 1 aliphatic heterocycles. The molecule has 1 aliphatic rings. The van der Waals surface area contributed by atoms with Crippen molar-refractivity contribution in [1.82, 2.24) is 0 Å². The molecule has 0 bridgehead atoms. The number of nitrogens with zero attached hydrogens (tertiary/aromatic N) is 1. The Kier molecular flexibility index (Phi) is 8.66. The van der Waals surface area contributed by atoms with Crippen LogP contribution in [-0.4, -0.2) is 35.1 Å². The molecule has 8 heteroatoms. The third-order valence-corrected chi connectivity index (χ3v) is 7.16. The van der Waals surface area contributed by atoms with Crippen LogP contribution in [0.2, 0.25) is 0 Å². The number of rotatable bonds is 10. The maximum absolute atomic E-state index is 13.6. The average molecular weight is 580 g/mol. The van der Waals surface area contributed by atoms with Gasteiger partial charge in [-0.2, -0.15) is 0 Å². The van der Waals surface area contributed by atoms with E-state index in [1.54, 1.807) is 61.5 Å². The Balaban J connectivity index is 1.58. The van der Waals surface area contributed by atoms with Crippen molar-refractivity contribution in [2.24, 2.45) is 0 Å². The molecule has 0 saturated carbocycles. The molecule has 1 unspecified atom stereocenters. The van der Waals surface area contributed by atoms with Gasteiger partial charge < -0.3 is 24.4 Å². The lowest BCUT2D eigenvalue weighted by molar-refractivity contribution is -0.132. The maximum Gasteiger partial charge on any atom is 0.300 e. The fourth-order valence-corrected chi connectivity index (χ4v) is 5.11. The number of hydrogen-bond acceptors (Lipinski definition) is 7. The average Bonchev–Trinajstić information content (AvgIpc) is 3.28. The first-order chi connectivity index (χ1) is 20.8. The fourth-order valence-electron chi connectivity index (χ4n) is 5.11. The monoisotopic (exact) mass is 579 g/mol. The summed E-state index contributed by atoms with van der Waals surface area (Å²) in [6, 6.07) is 25.3. The molecule has 0 radical (unpaired) electrons. The van der Waals surface area contributed by atoms with Crippen molar-refractivity contribution in [3.8, 4) is 23.0 Å². The van der Waals surface area contributed by atoms with Gasteiger partial charge in [-0.3, -0.25) is 14.5 Å². The third kappa shape index (κ3) is 6.04. The molecular formula is C35H33NO7. The lowest BCUT2D eigenvalue weighted by atomic mass is 9.94. The predicted octanol–water partition coefficient (Wildman–Crippen LogP) is 6.70. The van der Waals surface area contributed by atoms with Crippen molar-refractivity contribution in [2.75, 3.05) is 18.1 Å². The summed E-state index contributed by atoms with van der Waals surface area (Å²) in [7, 11) is 0. The van der Waals surface area contributed by atoms with Gasteiger partial charge in [0.2, 0.25) is 0 Å². The van der Waals surface area contributed by atoms with Gasteiger partial charge in [0.05, 0.1) is 24.8 Å². The van der Waals surface area contributed by atoms with Crippen LogP contribution in [0.25, 0.3) is 5.76 Å². The molecule has 4 aromatic carbocycles. The van der Waals surface area contributed by atoms with Crippen LogP contribution in [0, 0.1) is 6.92 Å². The normalized spacial score (nSPS) is 15.9. The van der Waals surface area contributed by atoms with Crippen molar-refractivity contribution in [3.63, 3.8) is 0 Å². The van der Waals surface area contributed by atoms with Gasteiger partial charge in [-0.25, -0.2) is 0 Å². The molecular weight excluding hydrogens is 546 g/mol. The van der Waals surface area contributed by atoms with E-state index in [1.165, 1.54) is 11.0 Å². The second kappa shape index (κ2) is 12.7. The van der Waals surface area contributed by atoms with E-state index in [0.717, 1.165) is 11.1 Å². The van der Waals surface area contributed by atoms with Crippen LogP contribution in [-0.2, 0) is 16.2 Å². The molecule has 0 spiro atoms. The highest BCUT2D eigenvalue weighted by atomic mass is 16.5. The van der Waals surface area contributed by atoms with Crippen LogP contribution in [0.3, 0.4) is 0 Å². The molecule has 0 aliphatic carbocycles. The molecule has 4 aromatic rings. The maximum atomic E-state index is 13.6. The van der Waals surface area contributed by atoms with Gasteiger partial charge in [-0.1, -0.05) is 36.4 Å². The first-order valence-electron chi connectivity index (χ1n) is 14.1. The van der Waals surface area contributed by atoms with Gasteiger partial charge in [0.1, 0.15) is 23.9 Å². The van der Waals surface area contributed by atoms with E-state index < -0.39 is 17.7 Å². The van der Waals surface area contributed by atoms with Gasteiger partial charge in [0.25, 0.3) is 11.7 Å². The zero-order chi connectivity index (χ0) is 30.5. The number of aromatic hydroxyl groups is 1. The number of ether oxygens (including phenoxy) is 3. The number of benzene rings is 4. The minimum atomic E-state index is -0.993. The Bertz CT molecular complexity index is 1660. The number of carbonyl (C=O) groups is 2. The van der Waals surface area contributed by atoms with Gasteiger partial charge in [-0.15, -0.1) is 0 Å². The number of aliphatic hydroxyl groups excluding tert-OH is 1. The third-order valence-electron chi connectivity index (χ3n) is 7.16. The van der Waals surface area contributed by atoms with E-state index in [2.05, 4.69) is 0 Å². The Morgan fingerprint density at radius 2 is 1.53 bits per heavy atom. The summed E-state index contributed by atoms with van der Waals surface area (Å²) in [6.07, 6.45) is 0. The number of aryl methyl sites for hydroxylation is 1. The summed E-state index contributed by atoms with van der Waals surface area (Å²) in [6.45, 7) is 6.66. The summed E-state index contributed by atoms with van der Waals surface area (Å²) < 4.78 is 17.1. The first kappa shape index (κ1) is 29.3. The topological polar surface area (TPSA) is 106 Å². The van der Waals surface area contributed by atoms with E-state index in [1.807, 2.05) is 44.2 Å². The van der Waals surface area contributed by atoms with Crippen molar-refractivity contribution >= 4 is 23.1 Å². The second-order valence-electron chi connectivity index (χ2n) is 10.0. The summed E-state index contributed by atoms with van der Waals surface area (Å²) in [5, 5.41) is 22.0. The molecule has 5 rings (SSSR count). The number of phenols is 1. The van der Waals surface area contributed by atoms with Crippen molar-refractivity contribution in [3.05, 3.63) is 119 Å². The van der Waals surface area contributed by atoms with Crippen LogP contribution in [0.1, 0.15) is 42.1 Å². The van der Waals surface area contributed by atoms with Crippen LogP contribution in [0.4, 0.5) is 5.69 Å². The molecule has 8 nitrogen and oxygen atoms in total. The first-order valence-corrected chi connectivity index (χ1v) is 14.1. The molecule has 2 N–H and O–H groups in total. The van der Waals surface area contributed by atoms with Gasteiger partial charge in [0.15, 0.2) is 11.5 Å². The molecule has 1 amide bonds. The lowest BCUT2D eigenvalue weighted by Crippen LogP contribution is -2.29. The highest BCUT2D eigenvalue weighted by Crippen LogP contribution is 2.44. The standard InChI is InChI=1S/C35H33NO7/c1-4-41-27-15-13-26(14-16-27)36-32(24-11-17-28(37)30(20-24)42-5-2)31(34(39)35(36)40)33(38)25-12-18-29(22(3)19-25)43-21-23-9-7-6-8-10-23/h6-20,32,37-38H,4-5,21H2,1-3H3/b33-31-. The Hall–Kier alpha value is -5.24. The lowest BCUT2D eigenvalue weighted by Gasteiger charge is -2.26. The number of ketones is 1. The molecule has 1 atom stereocenters. The molecule has 1 fully saturated rings. The van der Waals surface area contributed by atoms with Crippen molar-refractivity contribution in [2.45, 2.75) is 33.4 Å². The van der Waals surface area contributed by atoms with Crippen LogP contribution in [0.15, 0.2) is 96.6 Å². The Morgan fingerprint density at radius 3 is 2.21 bits per heavy atom. The van der Waals surface area contributed by atoms with E-state index in [0.29, 0.717) is 48.1 Å². The quantitative estimate of drug-likeness (QED) is 0.122. The molecule has 43 heavy (non-hydrogen) atoms. The van der Waals surface area contributed by atoms with Crippen LogP contribution < -0.4 is 19.1 Å². The van der Waals surface area contributed by atoms with Crippen molar-refractivity contribution < 1.29 is 34.0 Å². The minimum Gasteiger partial charge on any atom is -0.507 e. The number of phenolic OH excluding ortho intramolecular Hbond substituents is 1. The number of hydrogen-bond donors (Lipinski definition) is 2. The second-order valence-corrected chi connectivity index (χ2v) is 10.0. The SMILES string of the molecule is CCOc1ccc(N2C(=O)C(=O)/C(=C(\O)c3ccc(OCc4ccccc4)c(C)c3)C2c2ccc(O)c(OCC)c2)cc1. The van der Waals surface area contributed by atoms with Crippen molar-refractivity contribution in [1.29, 1.82) is 0 Å². The Morgan fingerprint density at radius 1 is 0.814 bits per heavy atom. The summed E-state index contributed by atoms with van der Waals surface area (Å²) in [5.74, 6) is -0.566. The Labute approximate surface area is 250 Å². The smallest absolute Gasteiger partial charge is 0.300 e. The van der Waals surface area contributed by atoms with E-state index >= 15 is 0 Å². The molecule has 1 saturated heterocycles. The molecule has 0 aromatic heterocycles. The minimum absolute atomic E-state index is 0.0784. The van der Waals surface area contributed by atoms with Crippen LogP contribution in [0.5, 0.6) is 23.0 Å². The highest BCUT2D eigenvalue weighted by Gasteiger charge is 2.47. The predicted molar refractivity (Wildman–Crippen MR) is 164 cm³/mol. The van der Waals surface area contributed by atoms with E-state index in [9.17, 15) is 19.8 Å². The van der Waals surface area contributed by atoms with Gasteiger partial charge in [-0.05, 0) is 92.1 Å². The number of Topliss-reactive ketones (excluding diaryl/α,β-unsaturated/α-hetero) is 1. The fraction of sp³-hybridized carbons (Fsp3) is 0.200. The summed E-state index contributed by atoms with van der Waals surface area (Å²) in [5.41, 5.74) is 2.98. The summed E-state index contributed by atoms with van der Waals surface area (Å²) in [4.78, 5) is 28.5. The number of aliphatic hydroxyl groups is 1. The van der Waals surface area contributed by atoms with Gasteiger partial charge >= 0.3 is 0 Å². The zero-order valence-corrected chi connectivity index (χ0v) is 24.2. The number of amides is 1. The number of anilines is 1. The highest BCUT2D eigenvalue weighted by molar-refractivity contribution is 6.51. The van der Waals surface area contributed by atoms with Gasteiger partial charge in [0, 0.05) is 11.3 Å². The van der Waals surface area contributed by atoms with E-state index in [-0.39, 0.29) is 22.8 Å².